The number of likely N-dealkylation sites (N-methyl/N-ethyl adjacent to an activating group) is 1. The molecule has 2 N–H and O–H groups in total. The van der Waals surface area contributed by atoms with Crippen molar-refractivity contribution in [2.75, 3.05) is 26.2 Å². The van der Waals surface area contributed by atoms with Crippen LogP contribution in [0.15, 0.2) is 0 Å². The Morgan fingerprint density at radius 2 is 2.28 bits per heavy atom. The van der Waals surface area contributed by atoms with Gasteiger partial charge in [0, 0.05) is 26.6 Å². The van der Waals surface area contributed by atoms with Crippen molar-refractivity contribution in [3.8, 4) is 0 Å². The van der Waals surface area contributed by atoms with Gasteiger partial charge in [-0.25, -0.2) is 4.79 Å². The van der Waals surface area contributed by atoms with Crippen LogP contribution in [0.5, 0.6) is 0 Å². The molecule has 1 aliphatic heterocycles. The van der Waals surface area contributed by atoms with Gasteiger partial charge in [-0.2, -0.15) is 0 Å². The minimum Gasteiger partial charge on any atom is -0.480 e. The number of nitrogens with one attached hydrogen (secondary N) is 1. The lowest BCUT2D eigenvalue weighted by Crippen LogP contribution is -2.49. The molecule has 1 saturated heterocycles. The second-order valence-corrected chi connectivity index (χ2v) is 4.58. The van der Waals surface area contributed by atoms with Crippen molar-refractivity contribution in [1.82, 2.24) is 10.2 Å². The highest BCUT2D eigenvalue weighted by Crippen LogP contribution is 2.13. The maximum absolute atomic E-state index is 11.1. The minimum absolute atomic E-state index is 0.191. The predicted octanol–water partition coefficient (Wildman–Crippen LogP) is 0.0766. The van der Waals surface area contributed by atoms with Gasteiger partial charge in [-0.05, 0) is 19.4 Å². The van der Waals surface area contributed by atoms with Gasteiger partial charge >= 0.3 is 5.97 Å². The van der Waals surface area contributed by atoms with Crippen molar-refractivity contribution in [1.29, 1.82) is 0 Å². The van der Waals surface area contributed by atoms with Gasteiger partial charge < -0.3 is 15.2 Å². The quantitative estimate of drug-likeness (QED) is 0.676. The van der Waals surface area contributed by atoms with E-state index in [9.17, 15) is 9.59 Å². The van der Waals surface area contributed by atoms with Crippen LogP contribution in [0.25, 0.3) is 0 Å². The average Bonchev–Trinajstić information content (AvgIpc) is 2.79. The van der Waals surface area contributed by atoms with E-state index < -0.39 is 12.0 Å². The summed E-state index contributed by atoms with van der Waals surface area (Å²) in [4.78, 5) is 24.0. The smallest absolute Gasteiger partial charge is 0.327 e. The van der Waals surface area contributed by atoms with E-state index in [1.165, 1.54) is 6.92 Å². The summed E-state index contributed by atoms with van der Waals surface area (Å²) in [6.07, 6.45) is 2.28. The first-order valence-electron chi connectivity index (χ1n) is 6.36. The van der Waals surface area contributed by atoms with Crippen LogP contribution in [0, 0.1) is 0 Å². The Kier molecular flexibility index (Phi) is 6.07. The second kappa shape index (κ2) is 7.33. The van der Waals surface area contributed by atoms with Gasteiger partial charge in [0.05, 0.1) is 6.10 Å². The Balaban J connectivity index is 2.47. The third kappa shape index (κ3) is 5.01. The van der Waals surface area contributed by atoms with E-state index in [-0.39, 0.29) is 12.0 Å². The third-order valence-electron chi connectivity index (χ3n) is 3.05. The molecular formula is C12H22N2O4. The molecular weight excluding hydrogens is 236 g/mol. The fourth-order valence-corrected chi connectivity index (χ4v) is 2.10. The summed E-state index contributed by atoms with van der Waals surface area (Å²) in [7, 11) is 0. The SMILES string of the molecule is CCN(CC1CCCO1)CC(NC(C)=O)C(=O)O. The summed E-state index contributed by atoms with van der Waals surface area (Å²) < 4.78 is 5.53. The second-order valence-electron chi connectivity index (χ2n) is 4.58. The van der Waals surface area contributed by atoms with Crippen LogP contribution in [0.2, 0.25) is 0 Å². The van der Waals surface area contributed by atoms with Crippen LogP contribution in [-0.2, 0) is 14.3 Å². The summed E-state index contributed by atoms with van der Waals surface area (Å²) in [6, 6.07) is -0.858. The normalized spacial score (nSPS) is 20.9. The highest BCUT2D eigenvalue weighted by molar-refractivity contribution is 5.82. The van der Waals surface area contributed by atoms with E-state index in [0.29, 0.717) is 6.54 Å². The van der Waals surface area contributed by atoms with Crippen LogP contribution < -0.4 is 5.32 Å². The van der Waals surface area contributed by atoms with Crippen LogP contribution in [0.1, 0.15) is 26.7 Å². The molecule has 1 aliphatic rings. The first-order valence-corrected chi connectivity index (χ1v) is 6.36. The Bertz CT molecular complexity index is 290. The number of carbonyl (C=O) groups excluding carboxylic acids is 1. The fourth-order valence-electron chi connectivity index (χ4n) is 2.10. The minimum atomic E-state index is -1.00. The van der Waals surface area contributed by atoms with Crippen molar-refractivity contribution in [3.63, 3.8) is 0 Å². The van der Waals surface area contributed by atoms with Gasteiger partial charge in [0.25, 0.3) is 0 Å². The number of carbonyl (C=O) groups is 2. The standard InChI is InChI=1S/C12H22N2O4/c1-3-14(7-10-5-4-6-18-10)8-11(12(16)17)13-9(2)15/h10-11H,3-8H2,1-2H3,(H,13,15)(H,16,17). The number of aliphatic carboxylic acids is 1. The molecule has 1 rings (SSSR count). The summed E-state index contributed by atoms with van der Waals surface area (Å²) in [5.74, 6) is -1.33. The van der Waals surface area contributed by atoms with Gasteiger partial charge in [0.15, 0.2) is 0 Å². The Morgan fingerprint density at radius 3 is 2.72 bits per heavy atom. The molecule has 1 fully saturated rings. The number of rotatable bonds is 7. The van der Waals surface area contributed by atoms with Gasteiger partial charge in [0.2, 0.25) is 5.91 Å². The molecule has 0 spiro atoms. The summed E-state index contributed by atoms with van der Waals surface area (Å²) in [5, 5.41) is 11.5. The van der Waals surface area contributed by atoms with Crippen molar-refractivity contribution in [3.05, 3.63) is 0 Å². The number of amides is 1. The van der Waals surface area contributed by atoms with Crippen molar-refractivity contribution < 1.29 is 19.4 Å². The predicted molar refractivity (Wildman–Crippen MR) is 66.3 cm³/mol. The molecule has 0 radical (unpaired) electrons. The van der Waals surface area contributed by atoms with Crippen molar-refractivity contribution in [2.45, 2.75) is 38.8 Å². The molecule has 0 aliphatic carbocycles. The number of carboxylic acids is 1. The molecule has 6 nitrogen and oxygen atoms in total. The molecule has 0 bridgehead atoms. The van der Waals surface area contributed by atoms with Gasteiger partial charge in [-0.3, -0.25) is 9.69 Å². The fraction of sp³-hybridized carbons (Fsp3) is 0.833. The summed E-state index contributed by atoms with van der Waals surface area (Å²) in [6.45, 7) is 5.86. The molecule has 0 aromatic rings. The first kappa shape index (κ1) is 14.9. The Labute approximate surface area is 107 Å². The monoisotopic (exact) mass is 258 g/mol. The maximum atomic E-state index is 11.1. The van der Waals surface area contributed by atoms with E-state index in [2.05, 4.69) is 5.32 Å². The van der Waals surface area contributed by atoms with E-state index in [4.69, 9.17) is 9.84 Å². The Hall–Kier alpha value is -1.14. The molecule has 104 valence electrons. The topological polar surface area (TPSA) is 78.9 Å². The molecule has 1 heterocycles. The Morgan fingerprint density at radius 1 is 1.56 bits per heavy atom. The molecule has 0 saturated carbocycles. The van der Waals surface area contributed by atoms with Gasteiger partial charge in [0.1, 0.15) is 6.04 Å². The molecule has 0 aromatic carbocycles. The zero-order valence-electron chi connectivity index (χ0n) is 11.0. The first-order chi connectivity index (χ1) is 8.52. The third-order valence-corrected chi connectivity index (χ3v) is 3.05. The number of hydrogen-bond donors (Lipinski definition) is 2. The van der Waals surface area contributed by atoms with Crippen LogP contribution >= 0.6 is 0 Å². The summed E-state index contributed by atoms with van der Waals surface area (Å²) >= 11 is 0. The number of carboxylic acid groups (broad SMARTS) is 1. The largest absolute Gasteiger partial charge is 0.480 e. The van der Waals surface area contributed by atoms with E-state index in [1.807, 2.05) is 11.8 Å². The summed E-state index contributed by atoms with van der Waals surface area (Å²) in [5.41, 5.74) is 0. The molecule has 6 heteroatoms. The van der Waals surface area contributed by atoms with Crippen molar-refractivity contribution in [2.24, 2.45) is 0 Å². The molecule has 0 aromatic heterocycles. The number of ether oxygens (including phenoxy) is 1. The highest BCUT2D eigenvalue weighted by Gasteiger charge is 2.24. The average molecular weight is 258 g/mol. The lowest BCUT2D eigenvalue weighted by molar-refractivity contribution is -0.142. The highest BCUT2D eigenvalue weighted by atomic mass is 16.5. The zero-order chi connectivity index (χ0) is 13.5. The van der Waals surface area contributed by atoms with Gasteiger partial charge in [-0.15, -0.1) is 0 Å². The zero-order valence-corrected chi connectivity index (χ0v) is 11.0. The number of hydrogen-bond acceptors (Lipinski definition) is 4. The lowest BCUT2D eigenvalue weighted by atomic mass is 10.2. The van der Waals surface area contributed by atoms with Crippen LogP contribution in [0.3, 0.4) is 0 Å². The molecule has 2 atom stereocenters. The van der Waals surface area contributed by atoms with Crippen LogP contribution in [0.4, 0.5) is 0 Å². The lowest BCUT2D eigenvalue weighted by Gasteiger charge is -2.26. The maximum Gasteiger partial charge on any atom is 0.327 e. The molecule has 2 unspecified atom stereocenters. The number of nitrogens with zero attached hydrogens (tertiary/aromatic N) is 1. The van der Waals surface area contributed by atoms with E-state index in [0.717, 1.165) is 32.5 Å². The van der Waals surface area contributed by atoms with Gasteiger partial charge in [-0.1, -0.05) is 6.92 Å². The molecule has 1 amide bonds. The van der Waals surface area contributed by atoms with E-state index in [1.54, 1.807) is 0 Å². The molecule has 18 heavy (non-hydrogen) atoms. The van der Waals surface area contributed by atoms with E-state index >= 15 is 0 Å². The van der Waals surface area contributed by atoms with Crippen LogP contribution in [-0.4, -0.2) is 60.3 Å². The van der Waals surface area contributed by atoms with Crippen molar-refractivity contribution >= 4 is 11.9 Å².